The molecular weight excluding hydrogens is 765 g/mol. The molecule has 6 nitrogen and oxygen atoms in total. The molecule has 5 heterocycles. The molecule has 0 saturated carbocycles. The third-order valence-electron chi connectivity index (χ3n) is 12.5. The van der Waals surface area contributed by atoms with Crippen LogP contribution in [0, 0.1) is 17.9 Å². The van der Waals surface area contributed by atoms with Crippen LogP contribution in [0.25, 0.3) is 124 Å². The summed E-state index contributed by atoms with van der Waals surface area (Å²) < 4.78 is 6.88. The minimum absolute atomic E-state index is 0.379. The van der Waals surface area contributed by atoms with Crippen LogP contribution in [0.1, 0.15) is 5.56 Å². The molecule has 0 bridgehead atoms. The molecule has 0 saturated heterocycles. The Morgan fingerprint density at radius 2 is 1.03 bits per heavy atom. The number of nitrogens with zero attached hydrogens (tertiary/aromatic N) is 6. The summed E-state index contributed by atoms with van der Waals surface area (Å²) in [6.45, 7) is 9.14. The molecule has 7 heteroatoms. The second kappa shape index (κ2) is 12.6. The van der Waals surface area contributed by atoms with Gasteiger partial charge in [0.05, 0.1) is 58.0 Å². The highest BCUT2D eigenvalue weighted by molar-refractivity contribution is 7.25. The minimum atomic E-state index is 0.379. The van der Waals surface area contributed by atoms with Gasteiger partial charge in [-0.15, -0.1) is 11.3 Å². The molecule has 13 aromatic rings. The minimum Gasteiger partial charge on any atom is -0.315 e. The number of nitriles is 1. The van der Waals surface area contributed by atoms with Crippen molar-refractivity contribution in [2.24, 2.45) is 0 Å². The lowest BCUT2D eigenvalue weighted by molar-refractivity contribution is 1.13. The van der Waals surface area contributed by atoms with E-state index < -0.39 is 0 Å². The van der Waals surface area contributed by atoms with Crippen LogP contribution in [0.2, 0.25) is 0 Å². The zero-order valence-corrected chi connectivity index (χ0v) is 33.1. The molecule has 5 aromatic heterocycles. The first-order chi connectivity index (χ1) is 30.2. The second-order valence-electron chi connectivity index (χ2n) is 15.5. The summed E-state index contributed by atoms with van der Waals surface area (Å²) in [4.78, 5) is 14.2. The Morgan fingerprint density at radius 3 is 1.67 bits per heavy atom. The second-order valence-corrected chi connectivity index (χ2v) is 16.6. The highest BCUT2D eigenvalue weighted by atomic mass is 32.1. The van der Waals surface area contributed by atoms with E-state index in [2.05, 4.69) is 117 Å². The van der Waals surface area contributed by atoms with Crippen molar-refractivity contribution >= 4 is 102 Å². The summed E-state index contributed by atoms with van der Waals surface area (Å²) in [6, 6.07) is 53.0. The van der Waals surface area contributed by atoms with Crippen molar-refractivity contribution in [2.75, 3.05) is 0 Å². The van der Waals surface area contributed by atoms with Crippen LogP contribution in [-0.4, -0.2) is 19.1 Å². The smallest absolute Gasteiger partial charge is 0.220 e. The standard InChI is InChI=1S/C54H28N6S/c1-56-52-48(31-14-4-2-5-15-31)39(26-55)53(59-42-22-12-10-20-35(42)37-24-38-36-21-11-13-23-46(36)61-47(38)25-43(37)59)49(32-16-6-3-7-17-32)54(52)60-44-29-57-27-40-33-18-8-9-19-34(33)41-28-58-30-45(60)51(41)50(40)44/h2-25,27-30H. The molecule has 13 rings (SSSR count). The molecule has 8 aromatic carbocycles. The lowest BCUT2D eigenvalue weighted by Crippen LogP contribution is -2.08. The number of para-hydroxylation sites is 1. The number of benzene rings is 8. The van der Waals surface area contributed by atoms with Crippen molar-refractivity contribution in [1.82, 2.24) is 19.1 Å². The van der Waals surface area contributed by atoms with Crippen molar-refractivity contribution in [2.45, 2.75) is 0 Å². The van der Waals surface area contributed by atoms with Gasteiger partial charge in [0.2, 0.25) is 5.69 Å². The predicted octanol–water partition coefficient (Wildman–Crippen LogP) is 14.5. The number of hydrogen-bond acceptors (Lipinski definition) is 4. The van der Waals surface area contributed by atoms with Crippen molar-refractivity contribution < 1.29 is 0 Å². The third kappa shape index (κ3) is 4.47. The van der Waals surface area contributed by atoms with Gasteiger partial charge in [-0.3, -0.25) is 9.97 Å². The monoisotopic (exact) mass is 792 g/mol. The SMILES string of the molecule is [C-]#[N+]c1c(-c2ccccc2)c(C#N)c(-n2c3ccccc3c3cc4c(cc32)sc2ccccc24)c(-c2ccccc2)c1-n1c2cncc3c4ccccc4c4cncc1c4c32. The molecule has 0 atom stereocenters. The van der Waals surface area contributed by atoms with Gasteiger partial charge in [-0.25, -0.2) is 4.85 Å². The number of pyridine rings is 2. The molecule has 0 N–H and O–H groups in total. The fraction of sp³-hybridized carbons (Fsp3) is 0. The lowest BCUT2D eigenvalue weighted by Gasteiger charge is -2.25. The van der Waals surface area contributed by atoms with Crippen LogP contribution >= 0.6 is 11.3 Å². The summed E-state index contributed by atoms with van der Waals surface area (Å²) in [6.07, 6.45) is 7.73. The zero-order valence-electron chi connectivity index (χ0n) is 32.3. The molecule has 61 heavy (non-hydrogen) atoms. The van der Waals surface area contributed by atoms with E-state index in [4.69, 9.17) is 16.5 Å². The van der Waals surface area contributed by atoms with Crippen LogP contribution in [0.5, 0.6) is 0 Å². The van der Waals surface area contributed by atoms with E-state index in [1.54, 1.807) is 11.3 Å². The molecule has 0 unspecified atom stereocenters. The van der Waals surface area contributed by atoms with Gasteiger partial charge in [-0.1, -0.05) is 121 Å². The van der Waals surface area contributed by atoms with E-state index >= 15 is 0 Å². The van der Waals surface area contributed by atoms with E-state index in [-0.39, 0.29) is 0 Å². The van der Waals surface area contributed by atoms with Crippen LogP contribution in [-0.2, 0) is 0 Å². The maximum absolute atomic E-state index is 11.7. The summed E-state index contributed by atoms with van der Waals surface area (Å²) in [5, 5.41) is 22.7. The highest BCUT2D eigenvalue weighted by Crippen LogP contribution is 2.53. The average Bonchev–Trinajstić information content (AvgIpc) is 3.97. The topological polar surface area (TPSA) is 63.8 Å². The Morgan fingerprint density at radius 1 is 0.475 bits per heavy atom. The van der Waals surface area contributed by atoms with Crippen molar-refractivity contribution in [1.29, 1.82) is 5.26 Å². The Hall–Kier alpha value is -8.36. The van der Waals surface area contributed by atoms with Gasteiger partial charge in [0.15, 0.2) is 0 Å². The van der Waals surface area contributed by atoms with E-state index in [9.17, 15) is 5.26 Å². The summed E-state index contributed by atoms with van der Waals surface area (Å²) in [5.74, 6) is 0. The van der Waals surface area contributed by atoms with Gasteiger partial charge < -0.3 is 9.13 Å². The Bertz CT molecular complexity index is 3980. The first-order valence-corrected chi connectivity index (χ1v) is 20.9. The van der Waals surface area contributed by atoms with E-state index in [0.717, 1.165) is 86.5 Å². The van der Waals surface area contributed by atoms with Gasteiger partial charge in [0.25, 0.3) is 0 Å². The van der Waals surface area contributed by atoms with E-state index in [1.807, 2.05) is 73.3 Å². The zero-order chi connectivity index (χ0) is 40.3. The van der Waals surface area contributed by atoms with E-state index in [1.165, 1.54) is 15.5 Å². The van der Waals surface area contributed by atoms with Gasteiger partial charge >= 0.3 is 0 Å². The van der Waals surface area contributed by atoms with Crippen molar-refractivity contribution in [3.8, 4) is 39.7 Å². The maximum Gasteiger partial charge on any atom is 0.220 e. The molecule has 280 valence electrons. The largest absolute Gasteiger partial charge is 0.315 e. The number of fused-ring (bicyclic) bond motifs is 9. The molecule has 0 radical (unpaired) electrons. The summed E-state index contributed by atoms with van der Waals surface area (Å²) >= 11 is 1.78. The Labute approximate surface area is 352 Å². The molecule has 0 aliphatic heterocycles. The lowest BCUT2D eigenvalue weighted by atomic mass is 9.88. The third-order valence-corrected chi connectivity index (χ3v) is 13.6. The molecular formula is C54H28N6S. The normalized spacial score (nSPS) is 11.9. The quantitative estimate of drug-likeness (QED) is 0.132. The van der Waals surface area contributed by atoms with Crippen molar-refractivity contribution in [3.63, 3.8) is 0 Å². The molecule has 0 aliphatic carbocycles. The summed E-state index contributed by atoms with van der Waals surface area (Å²) in [5.41, 5.74) is 8.89. The van der Waals surface area contributed by atoms with Crippen LogP contribution in [0.15, 0.2) is 170 Å². The van der Waals surface area contributed by atoms with Crippen LogP contribution in [0.3, 0.4) is 0 Å². The molecule has 0 spiro atoms. The van der Waals surface area contributed by atoms with Crippen LogP contribution < -0.4 is 0 Å². The van der Waals surface area contributed by atoms with E-state index in [0.29, 0.717) is 28.2 Å². The number of rotatable bonds is 4. The van der Waals surface area contributed by atoms with Crippen LogP contribution in [0.4, 0.5) is 5.69 Å². The first kappa shape index (κ1) is 33.6. The summed E-state index contributed by atoms with van der Waals surface area (Å²) in [7, 11) is 0. The number of hydrogen-bond donors (Lipinski definition) is 0. The van der Waals surface area contributed by atoms with Crippen molar-refractivity contribution in [3.05, 3.63) is 187 Å². The maximum atomic E-state index is 11.7. The molecule has 0 fully saturated rings. The van der Waals surface area contributed by atoms with Gasteiger partial charge in [0.1, 0.15) is 6.07 Å². The van der Waals surface area contributed by atoms with Gasteiger partial charge in [-0.05, 0) is 46.2 Å². The molecule has 0 aliphatic rings. The van der Waals surface area contributed by atoms with Gasteiger partial charge in [0, 0.05) is 76.0 Å². The number of thiophene rings is 1. The fourth-order valence-electron chi connectivity index (χ4n) is 10.1. The molecule has 0 amide bonds. The highest BCUT2D eigenvalue weighted by Gasteiger charge is 2.32. The number of aromatic nitrogens is 4. The average molecular weight is 793 g/mol. The fourth-order valence-corrected chi connectivity index (χ4v) is 11.2. The first-order valence-electron chi connectivity index (χ1n) is 20.1. The predicted molar refractivity (Wildman–Crippen MR) is 252 cm³/mol. The Kier molecular flexibility index (Phi) is 6.92. The Balaban J connectivity index is 1.31. The van der Waals surface area contributed by atoms with Gasteiger partial charge in [-0.2, -0.15) is 5.26 Å².